The van der Waals surface area contributed by atoms with Crippen LogP contribution in [-0.2, 0) is 16.8 Å². The van der Waals surface area contributed by atoms with Crippen LogP contribution < -0.4 is 4.74 Å². The molecule has 5 nitrogen and oxygen atoms in total. The highest BCUT2D eigenvalue weighted by atomic mass is 127. The van der Waals surface area contributed by atoms with Gasteiger partial charge in [-0.25, -0.2) is 4.79 Å². The summed E-state index contributed by atoms with van der Waals surface area (Å²) in [5.41, 5.74) is 2.34. The minimum atomic E-state index is -1.23. The summed E-state index contributed by atoms with van der Waals surface area (Å²) in [6.07, 6.45) is 16.6. The third-order valence-corrected chi connectivity index (χ3v) is 15.5. The Balaban J connectivity index is 1.25. The number of phenols is 2. The standard InChI is InChI=1S/C38H44I4O5/c1-2-3-4-5-6-7-8-9-10-13-25(39)20-32(41)33(42)21-26(40)18-24-19-28(44)23-35-36(24)38(31-17-16-27(43)22-34(31)46-35)30-15-12-11-14-29(30)37(45)47-38/h11-12,14-17,19,22-23,25-26,32-33,43-44H,2-10,13,18,20-21H2,1H3. The molecule has 2 heterocycles. The Labute approximate surface area is 334 Å². The lowest BCUT2D eigenvalue weighted by atomic mass is 9.75. The molecule has 0 fully saturated rings. The van der Waals surface area contributed by atoms with Crippen molar-refractivity contribution in [3.05, 3.63) is 82.4 Å². The molecule has 0 amide bonds. The zero-order chi connectivity index (χ0) is 33.6. The monoisotopic (exact) mass is 1090 g/mol. The number of hydrogen-bond donors (Lipinski definition) is 2. The van der Waals surface area contributed by atoms with E-state index in [4.69, 9.17) is 9.47 Å². The van der Waals surface area contributed by atoms with Crippen molar-refractivity contribution in [2.75, 3.05) is 0 Å². The SMILES string of the molecule is CCCCCCCCCCCC(I)CC(I)C(I)CC(I)Cc1cc(O)cc2c1C1(OC(=O)c3ccccc31)c1ccc(O)cc1O2. The van der Waals surface area contributed by atoms with Gasteiger partial charge in [-0.15, -0.1) is 0 Å². The van der Waals surface area contributed by atoms with Crippen LogP contribution in [0.5, 0.6) is 23.0 Å². The maximum Gasteiger partial charge on any atom is 0.340 e. The zero-order valence-corrected chi connectivity index (χ0v) is 35.5. The van der Waals surface area contributed by atoms with Gasteiger partial charge < -0.3 is 19.7 Å². The van der Waals surface area contributed by atoms with E-state index < -0.39 is 11.6 Å². The van der Waals surface area contributed by atoms with Crippen molar-refractivity contribution in [2.24, 2.45) is 0 Å². The number of halogens is 4. The van der Waals surface area contributed by atoms with Gasteiger partial charge in [0.15, 0.2) is 5.60 Å². The van der Waals surface area contributed by atoms with Crippen LogP contribution in [0.4, 0.5) is 0 Å². The Bertz CT molecular complexity index is 1530. The Kier molecular flexibility index (Phi) is 14.1. The number of alkyl halides is 4. The predicted octanol–water partition coefficient (Wildman–Crippen LogP) is 12.1. The topological polar surface area (TPSA) is 76.0 Å². The lowest BCUT2D eigenvalue weighted by Gasteiger charge is -2.38. The van der Waals surface area contributed by atoms with Gasteiger partial charge in [-0.2, -0.15) is 0 Å². The van der Waals surface area contributed by atoms with Crippen molar-refractivity contribution in [3.8, 4) is 23.0 Å². The summed E-state index contributed by atoms with van der Waals surface area (Å²) in [6.45, 7) is 2.28. The fraction of sp³-hybridized carbons (Fsp3) is 0.500. The van der Waals surface area contributed by atoms with Crippen molar-refractivity contribution in [1.82, 2.24) is 0 Å². The van der Waals surface area contributed by atoms with E-state index in [2.05, 4.69) is 97.3 Å². The molecule has 5 atom stereocenters. The van der Waals surface area contributed by atoms with Gasteiger partial charge in [-0.1, -0.05) is 173 Å². The first-order valence-electron chi connectivity index (χ1n) is 16.9. The Morgan fingerprint density at radius 1 is 0.723 bits per heavy atom. The van der Waals surface area contributed by atoms with E-state index in [1.54, 1.807) is 30.3 Å². The van der Waals surface area contributed by atoms with Crippen molar-refractivity contribution in [2.45, 2.75) is 112 Å². The smallest absolute Gasteiger partial charge is 0.340 e. The number of carbonyl (C=O) groups is 1. The normalized spacial score (nSPS) is 18.9. The fourth-order valence-corrected chi connectivity index (χ4v) is 12.7. The lowest BCUT2D eigenvalue weighted by molar-refractivity contribution is 0.0221. The molecule has 0 aliphatic carbocycles. The second-order valence-corrected chi connectivity index (χ2v) is 19.6. The van der Waals surface area contributed by atoms with Crippen molar-refractivity contribution in [3.63, 3.8) is 0 Å². The van der Waals surface area contributed by atoms with Crippen LogP contribution in [0, 0.1) is 0 Å². The van der Waals surface area contributed by atoms with Gasteiger partial charge >= 0.3 is 5.97 Å². The Morgan fingerprint density at radius 2 is 1.36 bits per heavy atom. The number of esters is 1. The average molecular weight is 1090 g/mol. The zero-order valence-electron chi connectivity index (χ0n) is 26.8. The van der Waals surface area contributed by atoms with E-state index in [9.17, 15) is 15.0 Å². The maximum atomic E-state index is 13.3. The van der Waals surface area contributed by atoms with E-state index in [0.717, 1.165) is 23.1 Å². The van der Waals surface area contributed by atoms with E-state index in [0.29, 0.717) is 40.8 Å². The van der Waals surface area contributed by atoms with E-state index in [1.165, 1.54) is 76.7 Å². The summed E-state index contributed by atoms with van der Waals surface area (Å²) in [4.78, 5) is 13.3. The quantitative estimate of drug-likeness (QED) is 0.0610. The number of aromatic hydroxyl groups is 2. The van der Waals surface area contributed by atoms with Crippen LogP contribution in [0.25, 0.3) is 0 Å². The third-order valence-electron chi connectivity index (χ3n) is 9.27. The number of benzene rings is 3. The summed E-state index contributed by atoms with van der Waals surface area (Å²) in [5, 5.41) is 21.1. The first-order chi connectivity index (χ1) is 22.6. The first-order valence-corrected chi connectivity index (χ1v) is 21.9. The molecule has 0 aromatic heterocycles. The average Bonchev–Trinajstić information content (AvgIpc) is 3.31. The number of rotatable bonds is 17. The molecule has 254 valence electrons. The number of unbranched alkanes of at least 4 members (excludes halogenated alkanes) is 8. The summed E-state index contributed by atoms with van der Waals surface area (Å²) in [6, 6.07) is 15.8. The molecule has 2 aliphatic rings. The molecule has 2 N–H and O–H groups in total. The molecular weight excluding hydrogens is 1040 g/mol. The highest BCUT2D eigenvalue weighted by Crippen LogP contribution is 2.58. The minimum Gasteiger partial charge on any atom is -0.508 e. The van der Waals surface area contributed by atoms with Gasteiger partial charge in [0.2, 0.25) is 0 Å². The summed E-state index contributed by atoms with van der Waals surface area (Å²) >= 11 is 10.5. The van der Waals surface area contributed by atoms with Gasteiger partial charge in [0.25, 0.3) is 0 Å². The largest absolute Gasteiger partial charge is 0.508 e. The lowest BCUT2D eigenvalue weighted by Crippen LogP contribution is -2.34. The van der Waals surface area contributed by atoms with Crippen molar-refractivity contribution >= 4 is 96.3 Å². The minimum absolute atomic E-state index is 0.0519. The summed E-state index contributed by atoms with van der Waals surface area (Å²) < 4.78 is 14.7. The summed E-state index contributed by atoms with van der Waals surface area (Å²) in [5.74, 6) is 0.596. The molecular formula is C38H44I4O5. The Morgan fingerprint density at radius 3 is 2.09 bits per heavy atom. The third kappa shape index (κ3) is 9.04. The molecule has 2 aliphatic heterocycles. The highest BCUT2D eigenvalue weighted by molar-refractivity contribution is 14.1. The molecule has 5 rings (SSSR count). The van der Waals surface area contributed by atoms with Gasteiger partial charge in [-0.05, 0) is 55.5 Å². The second-order valence-electron chi connectivity index (χ2n) is 12.9. The second kappa shape index (κ2) is 17.6. The maximum absolute atomic E-state index is 13.3. The number of carbonyl (C=O) groups excluding carboxylic acids is 1. The van der Waals surface area contributed by atoms with Crippen LogP contribution in [-0.4, -0.2) is 31.9 Å². The molecule has 9 heteroatoms. The van der Waals surface area contributed by atoms with Crippen LogP contribution in [0.1, 0.15) is 117 Å². The van der Waals surface area contributed by atoms with Gasteiger partial charge in [-0.3, -0.25) is 0 Å². The summed E-state index contributed by atoms with van der Waals surface area (Å²) in [7, 11) is 0. The van der Waals surface area contributed by atoms with E-state index >= 15 is 0 Å². The number of phenolic OH excluding ortho intramolecular Hbond substituents is 2. The molecule has 5 unspecified atom stereocenters. The molecule has 47 heavy (non-hydrogen) atoms. The molecule has 0 saturated carbocycles. The van der Waals surface area contributed by atoms with Crippen LogP contribution in [0.15, 0.2) is 54.6 Å². The molecule has 0 saturated heterocycles. The van der Waals surface area contributed by atoms with E-state index in [-0.39, 0.29) is 15.4 Å². The molecule has 1 spiro atoms. The predicted molar refractivity (Wildman–Crippen MR) is 224 cm³/mol. The number of hydrogen-bond acceptors (Lipinski definition) is 5. The molecule has 3 aromatic rings. The molecule has 0 radical (unpaired) electrons. The van der Waals surface area contributed by atoms with Crippen molar-refractivity contribution in [1.29, 1.82) is 0 Å². The van der Waals surface area contributed by atoms with Crippen LogP contribution in [0.2, 0.25) is 0 Å². The van der Waals surface area contributed by atoms with E-state index in [1.807, 2.05) is 18.2 Å². The van der Waals surface area contributed by atoms with Gasteiger partial charge in [0.1, 0.15) is 23.0 Å². The first kappa shape index (κ1) is 37.7. The number of fused-ring (bicyclic) bond motifs is 6. The van der Waals surface area contributed by atoms with Crippen LogP contribution >= 0.6 is 90.4 Å². The fourth-order valence-electron chi connectivity index (χ4n) is 6.94. The highest BCUT2D eigenvalue weighted by Gasteiger charge is 2.54. The number of ether oxygens (including phenoxy) is 2. The molecule has 0 bridgehead atoms. The van der Waals surface area contributed by atoms with Crippen LogP contribution in [0.3, 0.4) is 0 Å². The van der Waals surface area contributed by atoms with Crippen molar-refractivity contribution < 1.29 is 24.5 Å². The van der Waals surface area contributed by atoms with Gasteiger partial charge in [0, 0.05) is 39.0 Å². The van der Waals surface area contributed by atoms with Gasteiger partial charge in [0.05, 0.1) is 11.1 Å². The Hall–Kier alpha value is -0.550. The molecule has 3 aromatic carbocycles.